The van der Waals surface area contributed by atoms with E-state index in [4.69, 9.17) is 5.73 Å². The first-order chi connectivity index (χ1) is 6.26. The van der Waals surface area contributed by atoms with E-state index in [1.54, 1.807) is 24.0 Å². The van der Waals surface area contributed by atoms with Crippen LogP contribution in [-0.2, 0) is 6.54 Å². The molecular formula is C8H13N5. The predicted molar refractivity (Wildman–Crippen MR) is 53.3 cm³/mol. The minimum Gasteiger partial charge on any atom is -0.368 e. The molecule has 0 fully saturated rings. The van der Waals surface area contributed by atoms with Gasteiger partial charge in [-0.05, 0) is 13.8 Å². The van der Waals surface area contributed by atoms with E-state index < -0.39 is 0 Å². The smallest absolute Gasteiger partial charge is 0.220 e. The van der Waals surface area contributed by atoms with E-state index in [0.717, 1.165) is 12.2 Å². The Hall–Kier alpha value is -1.65. The van der Waals surface area contributed by atoms with Crippen molar-refractivity contribution in [3.8, 4) is 0 Å². The number of aromatic nitrogens is 2. The minimum absolute atomic E-state index is 0.248. The number of hydrogen-bond acceptors (Lipinski definition) is 2. The Bertz CT molecular complexity index is 323. The molecule has 0 spiro atoms. The van der Waals surface area contributed by atoms with Gasteiger partial charge in [-0.1, -0.05) is 0 Å². The normalized spacial score (nSPS) is 12.6. The molecule has 0 bridgehead atoms. The van der Waals surface area contributed by atoms with E-state index in [-0.39, 0.29) is 5.96 Å². The molecule has 0 aromatic carbocycles. The number of aliphatic imine (C=N–C) groups is 2. The van der Waals surface area contributed by atoms with Crippen molar-refractivity contribution < 1.29 is 0 Å². The maximum atomic E-state index is 5.48. The first-order valence-corrected chi connectivity index (χ1v) is 4.11. The molecule has 0 saturated carbocycles. The molecule has 0 aliphatic rings. The average Bonchev–Trinajstić information content (AvgIpc) is 2.52. The highest BCUT2D eigenvalue weighted by molar-refractivity contribution is 5.87. The second kappa shape index (κ2) is 4.39. The highest BCUT2D eigenvalue weighted by Crippen LogP contribution is 2.08. The monoisotopic (exact) mass is 179 g/mol. The number of guanidine groups is 1. The largest absolute Gasteiger partial charge is 0.368 e. The van der Waals surface area contributed by atoms with Crippen molar-refractivity contribution in [2.75, 3.05) is 0 Å². The summed E-state index contributed by atoms with van der Waals surface area (Å²) in [5, 5.41) is 4.05. The Morgan fingerprint density at radius 1 is 1.77 bits per heavy atom. The summed E-state index contributed by atoms with van der Waals surface area (Å²) in [5.74, 6) is 0.248. The lowest BCUT2D eigenvalue weighted by atomic mass is 10.6. The molecule has 0 amide bonds. The van der Waals surface area contributed by atoms with Gasteiger partial charge in [0.25, 0.3) is 0 Å². The van der Waals surface area contributed by atoms with Gasteiger partial charge in [0.05, 0.1) is 12.4 Å². The van der Waals surface area contributed by atoms with Gasteiger partial charge in [0.15, 0.2) is 0 Å². The quantitative estimate of drug-likeness (QED) is 0.542. The maximum absolute atomic E-state index is 5.48. The Kier molecular flexibility index (Phi) is 3.19. The molecule has 1 heterocycles. The van der Waals surface area contributed by atoms with Crippen LogP contribution in [0.15, 0.2) is 22.4 Å². The van der Waals surface area contributed by atoms with Crippen molar-refractivity contribution in [1.29, 1.82) is 0 Å². The van der Waals surface area contributed by atoms with E-state index in [0.29, 0.717) is 0 Å². The fourth-order valence-electron chi connectivity index (χ4n) is 0.877. The van der Waals surface area contributed by atoms with Gasteiger partial charge >= 0.3 is 0 Å². The molecule has 0 unspecified atom stereocenters. The van der Waals surface area contributed by atoms with E-state index in [1.807, 2.05) is 13.1 Å². The molecule has 0 atom stereocenters. The van der Waals surface area contributed by atoms with Crippen LogP contribution in [0.4, 0.5) is 5.69 Å². The van der Waals surface area contributed by atoms with Crippen LogP contribution in [-0.4, -0.2) is 22.0 Å². The summed E-state index contributed by atoms with van der Waals surface area (Å²) in [5.41, 5.74) is 6.21. The number of aryl methyl sites for hydroxylation is 1. The number of nitrogens with zero attached hydrogens (tertiary/aromatic N) is 4. The number of hydrogen-bond donors (Lipinski definition) is 1. The Balaban J connectivity index is 2.78. The van der Waals surface area contributed by atoms with E-state index in [2.05, 4.69) is 15.1 Å². The highest BCUT2D eigenvalue weighted by Gasteiger charge is 1.94. The Morgan fingerprint density at radius 3 is 3.08 bits per heavy atom. The van der Waals surface area contributed by atoms with E-state index >= 15 is 0 Å². The lowest BCUT2D eigenvalue weighted by molar-refractivity contribution is 0.660. The molecule has 0 radical (unpaired) electrons. The first-order valence-electron chi connectivity index (χ1n) is 4.11. The van der Waals surface area contributed by atoms with Crippen LogP contribution >= 0.6 is 0 Å². The molecule has 1 rings (SSSR count). The van der Waals surface area contributed by atoms with Crippen molar-refractivity contribution >= 4 is 17.9 Å². The molecule has 70 valence electrons. The lowest BCUT2D eigenvalue weighted by Crippen LogP contribution is -2.06. The van der Waals surface area contributed by atoms with Crippen molar-refractivity contribution in [3.05, 3.63) is 12.4 Å². The first kappa shape index (κ1) is 9.44. The standard InChI is InChI=1S/C8H13N5/c1-3-10-8(9)12-7-5-11-13(4-2)6-7/h3,5-6H,4H2,1-2H3,(H2,9,12). The Morgan fingerprint density at radius 2 is 2.54 bits per heavy atom. The fraction of sp³-hybridized carbons (Fsp3) is 0.375. The van der Waals surface area contributed by atoms with Crippen molar-refractivity contribution in [3.63, 3.8) is 0 Å². The fourth-order valence-corrected chi connectivity index (χ4v) is 0.877. The summed E-state index contributed by atoms with van der Waals surface area (Å²) < 4.78 is 1.78. The molecule has 1 aromatic rings. The van der Waals surface area contributed by atoms with Gasteiger partial charge in [-0.3, -0.25) is 4.68 Å². The summed E-state index contributed by atoms with van der Waals surface area (Å²) >= 11 is 0. The second-order valence-corrected chi connectivity index (χ2v) is 2.41. The molecule has 1 aromatic heterocycles. The van der Waals surface area contributed by atoms with Gasteiger partial charge in [0.1, 0.15) is 5.69 Å². The van der Waals surface area contributed by atoms with Crippen LogP contribution in [0.25, 0.3) is 0 Å². The van der Waals surface area contributed by atoms with Crippen molar-refractivity contribution in [1.82, 2.24) is 9.78 Å². The van der Waals surface area contributed by atoms with Crippen LogP contribution in [0.1, 0.15) is 13.8 Å². The maximum Gasteiger partial charge on any atom is 0.220 e. The van der Waals surface area contributed by atoms with Gasteiger partial charge in [0, 0.05) is 12.8 Å². The molecule has 0 aliphatic carbocycles. The number of rotatable bonds is 2. The minimum atomic E-state index is 0.248. The van der Waals surface area contributed by atoms with Crippen LogP contribution in [0.2, 0.25) is 0 Å². The van der Waals surface area contributed by atoms with Crippen LogP contribution in [0, 0.1) is 0 Å². The van der Waals surface area contributed by atoms with Crippen LogP contribution in [0.5, 0.6) is 0 Å². The summed E-state index contributed by atoms with van der Waals surface area (Å²) in [7, 11) is 0. The van der Waals surface area contributed by atoms with Crippen molar-refractivity contribution in [2.24, 2.45) is 15.7 Å². The molecule has 5 heteroatoms. The number of nitrogens with two attached hydrogens (primary N) is 1. The zero-order valence-corrected chi connectivity index (χ0v) is 7.81. The SMILES string of the molecule is CC=NC(N)=Nc1cnn(CC)c1. The molecule has 5 nitrogen and oxygen atoms in total. The topological polar surface area (TPSA) is 68.6 Å². The van der Waals surface area contributed by atoms with Gasteiger partial charge in [-0.2, -0.15) is 5.10 Å². The summed E-state index contributed by atoms with van der Waals surface area (Å²) in [6, 6.07) is 0. The van der Waals surface area contributed by atoms with Gasteiger partial charge in [-0.25, -0.2) is 9.98 Å². The molecule has 2 N–H and O–H groups in total. The van der Waals surface area contributed by atoms with Crippen molar-refractivity contribution in [2.45, 2.75) is 20.4 Å². The van der Waals surface area contributed by atoms with Gasteiger partial charge < -0.3 is 5.73 Å². The van der Waals surface area contributed by atoms with E-state index in [9.17, 15) is 0 Å². The van der Waals surface area contributed by atoms with E-state index in [1.165, 1.54) is 0 Å². The summed E-state index contributed by atoms with van der Waals surface area (Å²) in [6.45, 7) is 4.62. The third-order valence-corrected chi connectivity index (χ3v) is 1.45. The zero-order valence-electron chi connectivity index (χ0n) is 7.81. The molecule has 0 aliphatic heterocycles. The second-order valence-electron chi connectivity index (χ2n) is 2.41. The molecule has 13 heavy (non-hydrogen) atoms. The Labute approximate surface area is 77.0 Å². The zero-order chi connectivity index (χ0) is 9.68. The van der Waals surface area contributed by atoms with Gasteiger partial charge in [-0.15, -0.1) is 0 Å². The van der Waals surface area contributed by atoms with Crippen LogP contribution < -0.4 is 5.73 Å². The third-order valence-electron chi connectivity index (χ3n) is 1.45. The average molecular weight is 179 g/mol. The summed E-state index contributed by atoms with van der Waals surface area (Å²) in [6.07, 6.45) is 5.07. The molecule has 0 saturated heterocycles. The third kappa shape index (κ3) is 2.70. The highest BCUT2D eigenvalue weighted by atomic mass is 15.3. The van der Waals surface area contributed by atoms with Gasteiger partial charge in [0.2, 0.25) is 5.96 Å². The summed E-state index contributed by atoms with van der Waals surface area (Å²) in [4.78, 5) is 7.85. The van der Waals surface area contributed by atoms with Crippen LogP contribution in [0.3, 0.4) is 0 Å². The predicted octanol–water partition coefficient (Wildman–Crippen LogP) is 0.940. The lowest BCUT2D eigenvalue weighted by Gasteiger charge is -1.90. The molecular weight excluding hydrogens is 166 g/mol.